The maximum atomic E-state index is 11.7. The SMILES string of the molecule is C=C[C@@H]1C[C@H](C(=O)O)NC1[C@H](CN(C)CN1CCOCC1)NC(C)=O. The van der Waals surface area contributed by atoms with Crippen molar-refractivity contribution in [1.82, 2.24) is 20.4 Å². The van der Waals surface area contributed by atoms with E-state index >= 15 is 0 Å². The Hall–Kier alpha value is -1.48. The Labute approximate surface area is 149 Å². The molecular weight excluding hydrogens is 324 g/mol. The highest BCUT2D eigenvalue weighted by molar-refractivity contribution is 5.75. The van der Waals surface area contributed by atoms with Gasteiger partial charge in [0.15, 0.2) is 0 Å². The van der Waals surface area contributed by atoms with Crippen LogP contribution in [-0.2, 0) is 14.3 Å². The predicted molar refractivity (Wildman–Crippen MR) is 94.1 cm³/mol. The summed E-state index contributed by atoms with van der Waals surface area (Å²) in [7, 11) is 2.01. The fourth-order valence-corrected chi connectivity index (χ4v) is 3.66. The van der Waals surface area contributed by atoms with Crippen molar-refractivity contribution < 1.29 is 19.4 Å². The lowest BCUT2D eigenvalue weighted by Gasteiger charge is -2.35. The number of amides is 1. The highest BCUT2D eigenvalue weighted by Gasteiger charge is 2.40. The zero-order valence-electron chi connectivity index (χ0n) is 15.1. The van der Waals surface area contributed by atoms with Gasteiger partial charge in [-0.25, -0.2) is 0 Å². The first kappa shape index (κ1) is 19.8. The molecule has 3 N–H and O–H groups in total. The van der Waals surface area contributed by atoms with Crippen LogP contribution in [0.5, 0.6) is 0 Å². The normalized spacial score (nSPS) is 28.7. The Balaban J connectivity index is 2.00. The van der Waals surface area contributed by atoms with E-state index in [0.29, 0.717) is 13.0 Å². The van der Waals surface area contributed by atoms with Gasteiger partial charge in [-0.3, -0.25) is 24.7 Å². The molecule has 4 atom stereocenters. The average Bonchev–Trinajstić information content (AvgIpc) is 2.99. The number of carboxylic acids is 1. The van der Waals surface area contributed by atoms with Gasteiger partial charge < -0.3 is 15.2 Å². The quantitative estimate of drug-likeness (QED) is 0.498. The summed E-state index contributed by atoms with van der Waals surface area (Å²) in [6, 6.07) is -0.931. The van der Waals surface area contributed by atoms with Gasteiger partial charge in [-0.1, -0.05) is 6.08 Å². The molecule has 25 heavy (non-hydrogen) atoms. The summed E-state index contributed by atoms with van der Waals surface area (Å²) in [5.74, 6) is -0.972. The maximum Gasteiger partial charge on any atom is 0.320 e. The number of nitrogens with zero attached hydrogens (tertiary/aromatic N) is 2. The topological polar surface area (TPSA) is 94.1 Å². The molecule has 0 aliphatic carbocycles. The van der Waals surface area contributed by atoms with Crippen molar-refractivity contribution in [3.8, 4) is 0 Å². The summed E-state index contributed by atoms with van der Waals surface area (Å²) in [4.78, 5) is 27.5. The summed E-state index contributed by atoms with van der Waals surface area (Å²) >= 11 is 0. The molecule has 2 rings (SSSR count). The first-order valence-corrected chi connectivity index (χ1v) is 8.78. The molecule has 0 aromatic rings. The molecule has 0 spiro atoms. The van der Waals surface area contributed by atoms with Gasteiger partial charge in [0.25, 0.3) is 0 Å². The van der Waals surface area contributed by atoms with E-state index < -0.39 is 12.0 Å². The lowest BCUT2D eigenvalue weighted by atomic mass is 9.93. The average molecular weight is 354 g/mol. The Morgan fingerprint density at radius 1 is 1.48 bits per heavy atom. The number of carboxylic acid groups (broad SMARTS) is 1. The van der Waals surface area contributed by atoms with Gasteiger partial charge in [-0.2, -0.15) is 0 Å². The smallest absolute Gasteiger partial charge is 0.320 e. The molecule has 0 aromatic heterocycles. The van der Waals surface area contributed by atoms with E-state index in [2.05, 4.69) is 27.0 Å². The van der Waals surface area contributed by atoms with E-state index in [4.69, 9.17) is 4.74 Å². The predicted octanol–water partition coefficient (Wildman–Crippen LogP) is -0.670. The number of likely N-dealkylation sites (N-methyl/N-ethyl adjacent to an activating group) is 1. The molecule has 2 aliphatic rings. The van der Waals surface area contributed by atoms with E-state index in [0.717, 1.165) is 33.0 Å². The van der Waals surface area contributed by atoms with Crippen molar-refractivity contribution in [1.29, 1.82) is 0 Å². The Bertz CT molecular complexity index is 481. The van der Waals surface area contributed by atoms with Crippen molar-refractivity contribution in [2.45, 2.75) is 31.5 Å². The van der Waals surface area contributed by atoms with Crippen LogP contribution in [0.3, 0.4) is 0 Å². The summed E-state index contributed by atoms with van der Waals surface area (Å²) < 4.78 is 5.37. The molecule has 8 nitrogen and oxygen atoms in total. The van der Waals surface area contributed by atoms with Crippen molar-refractivity contribution in [3.05, 3.63) is 12.7 Å². The number of carbonyl (C=O) groups is 2. The largest absolute Gasteiger partial charge is 0.480 e. The van der Waals surface area contributed by atoms with Gasteiger partial charge in [0, 0.05) is 32.6 Å². The zero-order valence-corrected chi connectivity index (χ0v) is 15.1. The van der Waals surface area contributed by atoms with E-state index in [-0.39, 0.29) is 23.9 Å². The molecule has 8 heteroatoms. The van der Waals surface area contributed by atoms with E-state index in [9.17, 15) is 14.7 Å². The third-order valence-electron chi connectivity index (χ3n) is 4.84. The molecule has 2 aliphatic heterocycles. The number of hydrogen-bond donors (Lipinski definition) is 3. The Morgan fingerprint density at radius 3 is 2.72 bits per heavy atom. The van der Waals surface area contributed by atoms with Gasteiger partial charge in [0.2, 0.25) is 5.91 Å². The van der Waals surface area contributed by atoms with E-state index in [1.165, 1.54) is 6.92 Å². The van der Waals surface area contributed by atoms with Crippen molar-refractivity contribution in [2.24, 2.45) is 5.92 Å². The minimum Gasteiger partial charge on any atom is -0.480 e. The number of aliphatic carboxylic acids is 1. The molecule has 2 saturated heterocycles. The van der Waals surface area contributed by atoms with Crippen LogP contribution >= 0.6 is 0 Å². The lowest BCUT2D eigenvalue weighted by Crippen LogP contribution is -2.56. The first-order valence-electron chi connectivity index (χ1n) is 8.78. The summed E-state index contributed by atoms with van der Waals surface area (Å²) in [6.07, 6.45) is 2.28. The zero-order chi connectivity index (χ0) is 18.4. The van der Waals surface area contributed by atoms with Crippen molar-refractivity contribution >= 4 is 11.9 Å². The molecule has 0 saturated carbocycles. The van der Waals surface area contributed by atoms with Gasteiger partial charge in [-0.15, -0.1) is 6.58 Å². The fraction of sp³-hybridized carbons (Fsp3) is 0.765. The van der Waals surface area contributed by atoms with Crippen LogP contribution in [0, 0.1) is 5.92 Å². The second-order valence-electron chi connectivity index (χ2n) is 6.94. The van der Waals surface area contributed by atoms with E-state index in [1.54, 1.807) is 6.08 Å². The second kappa shape index (κ2) is 9.28. The molecule has 2 fully saturated rings. The van der Waals surface area contributed by atoms with Crippen LogP contribution in [0.1, 0.15) is 13.3 Å². The van der Waals surface area contributed by atoms with Crippen LogP contribution < -0.4 is 10.6 Å². The molecule has 1 unspecified atom stereocenters. The summed E-state index contributed by atoms with van der Waals surface area (Å²) in [5, 5.41) is 15.4. The highest BCUT2D eigenvalue weighted by atomic mass is 16.5. The number of carbonyl (C=O) groups excluding carboxylic acids is 1. The van der Waals surface area contributed by atoms with Gasteiger partial charge in [-0.05, 0) is 19.4 Å². The molecule has 0 radical (unpaired) electrons. The van der Waals surface area contributed by atoms with Crippen LogP contribution in [0.25, 0.3) is 0 Å². The molecular formula is C17H30N4O4. The number of nitrogens with one attached hydrogen (secondary N) is 2. The van der Waals surface area contributed by atoms with Crippen LogP contribution in [0.2, 0.25) is 0 Å². The minimum absolute atomic E-state index is 0.00902. The third-order valence-corrected chi connectivity index (χ3v) is 4.84. The molecule has 1 amide bonds. The van der Waals surface area contributed by atoms with Gasteiger partial charge >= 0.3 is 5.97 Å². The van der Waals surface area contributed by atoms with Crippen LogP contribution in [-0.4, -0.2) is 91.5 Å². The highest BCUT2D eigenvalue weighted by Crippen LogP contribution is 2.24. The van der Waals surface area contributed by atoms with Crippen molar-refractivity contribution in [2.75, 3.05) is 46.6 Å². The number of ether oxygens (including phenoxy) is 1. The van der Waals surface area contributed by atoms with E-state index in [1.807, 2.05) is 7.05 Å². The summed E-state index contributed by atoms with van der Waals surface area (Å²) in [5.41, 5.74) is 0. The van der Waals surface area contributed by atoms with Crippen LogP contribution in [0.15, 0.2) is 12.7 Å². The number of morpholine rings is 1. The Morgan fingerprint density at radius 2 is 2.16 bits per heavy atom. The molecule has 2 heterocycles. The molecule has 142 valence electrons. The van der Waals surface area contributed by atoms with Crippen molar-refractivity contribution in [3.63, 3.8) is 0 Å². The number of rotatable bonds is 8. The second-order valence-corrected chi connectivity index (χ2v) is 6.94. The fourth-order valence-electron chi connectivity index (χ4n) is 3.66. The van der Waals surface area contributed by atoms with Gasteiger partial charge in [0.05, 0.1) is 25.9 Å². The standard InChI is InChI=1S/C17H30N4O4/c1-4-13-9-14(17(23)24)19-16(13)15(18-12(2)22)10-20(3)11-21-5-7-25-8-6-21/h4,13-16,19H,1,5-11H2,2-3H3,(H,18,22)(H,23,24)/t13-,14-,15+,16?/m1/s1. The van der Waals surface area contributed by atoms with Gasteiger partial charge in [0.1, 0.15) is 6.04 Å². The molecule has 0 aromatic carbocycles. The summed E-state index contributed by atoms with van der Waals surface area (Å²) in [6.45, 7) is 10.0. The number of hydrogen-bond acceptors (Lipinski definition) is 6. The first-order chi connectivity index (χ1) is 11.9. The van der Waals surface area contributed by atoms with Crippen LogP contribution in [0.4, 0.5) is 0 Å². The third kappa shape index (κ3) is 5.78. The minimum atomic E-state index is -0.863. The lowest BCUT2D eigenvalue weighted by molar-refractivity contribution is -0.139. The molecule has 0 bridgehead atoms. The monoisotopic (exact) mass is 354 g/mol. The maximum absolute atomic E-state index is 11.7. The Kier molecular flexibility index (Phi) is 7.37.